The summed E-state index contributed by atoms with van der Waals surface area (Å²) in [5.41, 5.74) is 0.974. The number of nitrogens with one attached hydrogen (secondary N) is 1. The average molecular weight is 238 g/mol. The third-order valence-corrected chi connectivity index (χ3v) is 2.46. The maximum Gasteiger partial charge on any atom is 0.151 e. The molecule has 0 unspecified atom stereocenters. The minimum absolute atomic E-state index is 0.692. The van der Waals surface area contributed by atoms with Crippen molar-refractivity contribution in [1.82, 2.24) is 15.5 Å². The van der Waals surface area contributed by atoms with Crippen molar-refractivity contribution in [2.75, 3.05) is 38.8 Å². The van der Waals surface area contributed by atoms with E-state index >= 15 is 0 Å². The molecule has 5 nitrogen and oxygen atoms in total. The van der Waals surface area contributed by atoms with Gasteiger partial charge in [-0.1, -0.05) is 6.92 Å². The van der Waals surface area contributed by atoms with Crippen molar-refractivity contribution in [2.24, 2.45) is 0 Å². The van der Waals surface area contributed by atoms with Crippen molar-refractivity contribution < 1.29 is 4.74 Å². The summed E-state index contributed by atoms with van der Waals surface area (Å²) in [7, 11) is 3.68. The van der Waals surface area contributed by atoms with Gasteiger partial charge in [-0.2, -0.15) is 5.10 Å². The number of anilines is 1. The first-order valence-electron chi connectivity index (χ1n) is 6.01. The highest BCUT2D eigenvalue weighted by atomic mass is 16.5. The normalized spacial score (nSPS) is 10.5. The van der Waals surface area contributed by atoms with Crippen LogP contribution in [-0.4, -0.2) is 44.1 Å². The first-order chi connectivity index (χ1) is 8.27. The lowest BCUT2D eigenvalue weighted by Gasteiger charge is -2.16. The molecule has 5 heteroatoms. The number of likely N-dealkylation sites (N-methyl/N-ethyl adjacent to an activating group) is 1. The van der Waals surface area contributed by atoms with Gasteiger partial charge in [0.15, 0.2) is 5.82 Å². The van der Waals surface area contributed by atoms with Gasteiger partial charge in [0.1, 0.15) is 0 Å². The molecule has 0 amide bonds. The number of nitrogens with zero attached hydrogens (tertiary/aromatic N) is 3. The molecule has 1 aromatic heterocycles. The average Bonchev–Trinajstić information content (AvgIpc) is 2.37. The van der Waals surface area contributed by atoms with E-state index in [1.54, 1.807) is 7.11 Å². The minimum atomic E-state index is 0.692. The fourth-order valence-electron chi connectivity index (χ4n) is 1.39. The second-order valence-corrected chi connectivity index (χ2v) is 3.97. The largest absolute Gasteiger partial charge is 0.383 e. The second-order valence-electron chi connectivity index (χ2n) is 3.97. The van der Waals surface area contributed by atoms with E-state index in [0.717, 1.165) is 37.6 Å². The molecule has 17 heavy (non-hydrogen) atoms. The second kappa shape index (κ2) is 7.97. The van der Waals surface area contributed by atoms with Crippen molar-refractivity contribution >= 4 is 5.82 Å². The Morgan fingerprint density at radius 1 is 1.35 bits per heavy atom. The van der Waals surface area contributed by atoms with E-state index in [0.29, 0.717) is 6.61 Å². The molecule has 1 aromatic rings. The van der Waals surface area contributed by atoms with Crippen LogP contribution in [0.15, 0.2) is 12.1 Å². The highest BCUT2D eigenvalue weighted by molar-refractivity contribution is 5.35. The van der Waals surface area contributed by atoms with Gasteiger partial charge in [0, 0.05) is 27.2 Å². The number of hydrogen-bond acceptors (Lipinski definition) is 5. The lowest BCUT2D eigenvalue weighted by atomic mass is 10.3. The SMILES string of the molecule is CCCNCc1ccc(N(C)CCOC)nn1. The molecule has 1 heterocycles. The van der Waals surface area contributed by atoms with E-state index in [1.807, 2.05) is 24.1 Å². The smallest absolute Gasteiger partial charge is 0.151 e. The Kier molecular flexibility index (Phi) is 6.50. The summed E-state index contributed by atoms with van der Waals surface area (Å²) in [6, 6.07) is 4.00. The molecule has 0 aliphatic heterocycles. The molecule has 0 fully saturated rings. The fraction of sp³-hybridized carbons (Fsp3) is 0.667. The van der Waals surface area contributed by atoms with Crippen LogP contribution in [0.3, 0.4) is 0 Å². The van der Waals surface area contributed by atoms with Crippen LogP contribution in [0.5, 0.6) is 0 Å². The Morgan fingerprint density at radius 3 is 2.76 bits per heavy atom. The zero-order valence-electron chi connectivity index (χ0n) is 10.9. The Balaban J connectivity index is 2.43. The molecule has 0 aliphatic rings. The lowest BCUT2D eigenvalue weighted by Crippen LogP contribution is -2.23. The van der Waals surface area contributed by atoms with Crippen LogP contribution in [0.1, 0.15) is 19.0 Å². The number of aromatic nitrogens is 2. The summed E-state index contributed by atoms with van der Waals surface area (Å²) in [6.07, 6.45) is 1.13. The van der Waals surface area contributed by atoms with Crippen LogP contribution in [0, 0.1) is 0 Å². The summed E-state index contributed by atoms with van der Waals surface area (Å²) in [5, 5.41) is 11.7. The minimum Gasteiger partial charge on any atom is -0.383 e. The van der Waals surface area contributed by atoms with Crippen LogP contribution in [-0.2, 0) is 11.3 Å². The van der Waals surface area contributed by atoms with Gasteiger partial charge < -0.3 is 15.0 Å². The van der Waals surface area contributed by atoms with Gasteiger partial charge in [-0.25, -0.2) is 0 Å². The maximum absolute atomic E-state index is 5.02. The molecule has 0 bridgehead atoms. The Bertz CT molecular complexity index is 302. The molecule has 0 atom stereocenters. The van der Waals surface area contributed by atoms with Crippen molar-refractivity contribution in [2.45, 2.75) is 19.9 Å². The van der Waals surface area contributed by atoms with Crippen molar-refractivity contribution in [1.29, 1.82) is 0 Å². The molecule has 0 saturated carbocycles. The molecule has 1 N–H and O–H groups in total. The van der Waals surface area contributed by atoms with Crippen LogP contribution < -0.4 is 10.2 Å². The Morgan fingerprint density at radius 2 is 2.18 bits per heavy atom. The molecular formula is C12H22N4O. The van der Waals surface area contributed by atoms with E-state index in [9.17, 15) is 0 Å². The molecule has 1 rings (SSSR count). The summed E-state index contributed by atoms with van der Waals surface area (Å²) in [6.45, 7) is 5.45. The molecule has 0 aliphatic carbocycles. The third kappa shape index (κ3) is 5.10. The highest BCUT2D eigenvalue weighted by Gasteiger charge is 2.02. The monoisotopic (exact) mass is 238 g/mol. The molecule has 0 aromatic carbocycles. The third-order valence-electron chi connectivity index (χ3n) is 2.46. The number of methoxy groups -OCH3 is 1. The molecule has 0 radical (unpaired) electrons. The summed E-state index contributed by atoms with van der Waals surface area (Å²) in [4.78, 5) is 2.03. The topological polar surface area (TPSA) is 50.3 Å². The van der Waals surface area contributed by atoms with E-state index in [1.165, 1.54) is 0 Å². The van der Waals surface area contributed by atoms with E-state index in [2.05, 4.69) is 22.4 Å². The first kappa shape index (κ1) is 13.9. The molecule has 0 saturated heterocycles. The zero-order valence-corrected chi connectivity index (χ0v) is 10.9. The number of ether oxygens (including phenoxy) is 1. The van der Waals surface area contributed by atoms with Gasteiger partial charge in [-0.15, -0.1) is 5.10 Å². The van der Waals surface area contributed by atoms with Crippen LogP contribution in [0.25, 0.3) is 0 Å². The fourth-order valence-corrected chi connectivity index (χ4v) is 1.39. The highest BCUT2D eigenvalue weighted by Crippen LogP contribution is 2.06. The zero-order chi connectivity index (χ0) is 12.5. The van der Waals surface area contributed by atoms with Crippen molar-refractivity contribution in [3.8, 4) is 0 Å². The van der Waals surface area contributed by atoms with Gasteiger partial charge in [0.2, 0.25) is 0 Å². The van der Waals surface area contributed by atoms with Gasteiger partial charge >= 0.3 is 0 Å². The van der Waals surface area contributed by atoms with Crippen molar-refractivity contribution in [3.05, 3.63) is 17.8 Å². The number of rotatable bonds is 8. The van der Waals surface area contributed by atoms with Crippen LogP contribution in [0.2, 0.25) is 0 Å². The maximum atomic E-state index is 5.02. The summed E-state index contributed by atoms with van der Waals surface area (Å²) < 4.78 is 5.02. The van der Waals surface area contributed by atoms with Crippen LogP contribution >= 0.6 is 0 Å². The standard InChI is InChI=1S/C12H22N4O/c1-4-7-13-10-11-5-6-12(15-14-11)16(2)8-9-17-3/h5-6,13H,4,7-10H2,1-3H3. The Labute approximate surface area is 103 Å². The van der Waals surface area contributed by atoms with E-state index in [-0.39, 0.29) is 0 Å². The first-order valence-corrected chi connectivity index (χ1v) is 6.01. The number of hydrogen-bond donors (Lipinski definition) is 1. The van der Waals surface area contributed by atoms with Gasteiger partial charge in [-0.3, -0.25) is 0 Å². The van der Waals surface area contributed by atoms with Gasteiger partial charge in [0.05, 0.1) is 12.3 Å². The predicted molar refractivity (Wildman–Crippen MR) is 69.2 cm³/mol. The van der Waals surface area contributed by atoms with Gasteiger partial charge in [-0.05, 0) is 25.1 Å². The van der Waals surface area contributed by atoms with E-state index < -0.39 is 0 Å². The molecular weight excluding hydrogens is 216 g/mol. The lowest BCUT2D eigenvalue weighted by molar-refractivity contribution is 0.206. The van der Waals surface area contributed by atoms with Crippen molar-refractivity contribution in [3.63, 3.8) is 0 Å². The summed E-state index contributed by atoms with van der Waals surface area (Å²) in [5.74, 6) is 0.876. The quantitative estimate of drug-likeness (QED) is 0.686. The summed E-state index contributed by atoms with van der Waals surface area (Å²) >= 11 is 0. The predicted octanol–water partition coefficient (Wildman–Crippen LogP) is 1.06. The van der Waals surface area contributed by atoms with Gasteiger partial charge in [0.25, 0.3) is 0 Å². The Hall–Kier alpha value is -1.20. The van der Waals surface area contributed by atoms with E-state index in [4.69, 9.17) is 4.74 Å². The molecule has 96 valence electrons. The van der Waals surface area contributed by atoms with Crippen LogP contribution in [0.4, 0.5) is 5.82 Å². The molecule has 0 spiro atoms.